The lowest BCUT2D eigenvalue weighted by Gasteiger charge is -2.03. The van der Waals surface area contributed by atoms with Crippen LogP contribution in [0.5, 0.6) is 0 Å². The van der Waals surface area contributed by atoms with Crippen molar-refractivity contribution in [1.82, 2.24) is 9.97 Å². The topological polar surface area (TPSA) is 54.7 Å². The van der Waals surface area contributed by atoms with E-state index in [1.165, 1.54) is 0 Å². The van der Waals surface area contributed by atoms with E-state index in [1.54, 1.807) is 12.1 Å². The summed E-state index contributed by atoms with van der Waals surface area (Å²) in [5.74, 6) is 0.687. The van der Waals surface area contributed by atoms with Crippen LogP contribution in [0.3, 0.4) is 0 Å². The zero-order chi connectivity index (χ0) is 12.7. The first-order chi connectivity index (χ1) is 8.65. The molecule has 90 valence electrons. The van der Waals surface area contributed by atoms with Crippen LogP contribution in [-0.2, 0) is 0 Å². The molecule has 0 radical (unpaired) electrons. The number of aromatic nitrogens is 2. The Hall–Kier alpha value is -1.71. The van der Waals surface area contributed by atoms with Crippen molar-refractivity contribution in [2.75, 3.05) is 5.73 Å². The summed E-state index contributed by atoms with van der Waals surface area (Å²) in [6, 6.07) is 11.0. The van der Waals surface area contributed by atoms with Crippen molar-refractivity contribution in [2.24, 2.45) is 0 Å². The molecule has 0 aliphatic carbocycles. The van der Waals surface area contributed by atoms with Gasteiger partial charge in [0.25, 0.3) is 0 Å². The van der Waals surface area contributed by atoms with E-state index in [4.69, 9.17) is 28.9 Å². The summed E-state index contributed by atoms with van der Waals surface area (Å²) in [5, 5.41) is 1.18. The van der Waals surface area contributed by atoms with Crippen molar-refractivity contribution >= 4 is 39.9 Å². The van der Waals surface area contributed by atoms with Gasteiger partial charge in [0.2, 0.25) is 0 Å². The van der Waals surface area contributed by atoms with Crippen molar-refractivity contribution < 1.29 is 0 Å². The molecule has 3 nitrogen and oxygen atoms in total. The molecule has 1 aromatic heterocycles. The van der Waals surface area contributed by atoms with E-state index in [2.05, 4.69) is 9.97 Å². The number of H-pyrrole nitrogens is 1. The lowest BCUT2D eigenvalue weighted by atomic mass is 10.2. The minimum atomic E-state index is 0.518. The van der Waals surface area contributed by atoms with E-state index in [0.717, 1.165) is 16.6 Å². The fourth-order valence-electron chi connectivity index (χ4n) is 1.85. The van der Waals surface area contributed by atoms with Crippen molar-refractivity contribution in [3.8, 4) is 11.4 Å². The first-order valence-corrected chi connectivity index (χ1v) is 6.10. The van der Waals surface area contributed by atoms with Crippen LogP contribution in [-0.4, -0.2) is 9.97 Å². The van der Waals surface area contributed by atoms with Crippen LogP contribution in [0.2, 0.25) is 10.0 Å². The number of rotatable bonds is 1. The number of nitrogen functional groups attached to an aromatic ring is 1. The third-order valence-electron chi connectivity index (χ3n) is 2.75. The predicted octanol–water partition coefficient (Wildman–Crippen LogP) is 4.12. The van der Waals surface area contributed by atoms with E-state index >= 15 is 0 Å². The van der Waals surface area contributed by atoms with Crippen LogP contribution in [0.1, 0.15) is 0 Å². The number of hydrogen-bond donors (Lipinski definition) is 2. The zero-order valence-corrected chi connectivity index (χ0v) is 10.8. The quantitative estimate of drug-likeness (QED) is 0.658. The highest BCUT2D eigenvalue weighted by Crippen LogP contribution is 2.31. The number of aromatic amines is 1. The second-order valence-electron chi connectivity index (χ2n) is 3.95. The van der Waals surface area contributed by atoms with Gasteiger partial charge in [0, 0.05) is 10.6 Å². The second-order valence-corrected chi connectivity index (χ2v) is 4.79. The van der Waals surface area contributed by atoms with E-state index in [9.17, 15) is 0 Å². The van der Waals surface area contributed by atoms with Gasteiger partial charge in [-0.3, -0.25) is 0 Å². The fraction of sp³-hybridized carbons (Fsp3) is 0. The monoisotopic (exact) mass is 277 g/mol. The Bertz CT molecular complexity index is 734. The number of benzene rings is 2. The molecule has 0 spiro atoms. The number of nitrogens with zero attached hydrogens (tertiary/aromatic N) is 1. The number of hydrogen-bond acceptors (Lipinski definition) is 2. The van der Waals surface area contributed by atoms with Gasteiger partial charge in [0.1, 0.15) is 5.82 Å². The lowest BCUT2D eigenvalue weighted by molar-refractivity contribution is 1.34. The predicted molar refractivity (Wildman–Crippen MR) is 76.0 cm³/mol. The number of para-hydroxylation sites is 1. The third kappa shape index (κ3) is 1.82. The van der Waals surface area contributed by atoms with Gasteiger partial charge in [-0.2, -0.15) is 0 Å². The zero-order valence-electron chi connectivity index (χ0n) is 9.24. The normalized spacial score (nSPS) is 11.0. The molecule has 0 bridgehead atoms. The number of fused-ring (bicyclic) bond motifs is 1. The minimum absolute atomic E-state index is 0.518. The van der Waals surface area contributed by atoms with Crippen LogP contribution in [0, 0.1) is 0 Å². The van der Waals surface area contributed by atoms with Gasteiger partial charge in [0.15, 0.2) is 0 Å². The molecule has 0 amide bonds. The van der Waals surface area contributed by atoms with Gasteiger partial charge in [-0.05, 0) is 30.3 Å². The molecule has 3 rings (SSSR count). The number of imidazole rings is 1. The highest BCUT2D eigenvalue weighted by atomic mass is 35.5. The SMILES string of the molecule is Nc1c(Cl)cccc1-c1nc2ccc(Cl)cc2[nH]1. The molecule has 0 fully saturated rings. The van der Waals surface area contributed by atoms with Crippen molar-refractivity contribution in [3.63, 3.8) is 0 Å². The lowest BCUT2D eigenvalue weighted by Crippen LogP contribution is -1.92. The molecule has 18 heavy (non-hydrogen) atoms. The maximum atomic E-state index is 6.00. The molecule has 0 aliphatic heterocycles. The van der Waals surface area contributed by atoms with Gasteiger partial charge >= 0.3 is 0 Å². The van der Waals surface area contributed by atoms with E-state index in [0.29, 0.717) is 21.6 Å². The Morgan fingerprint density at radius 3 is 2.78 bits per heavy atom. The molecule has 0 saturated carbocycles. The Labute approximate surface area is 114 Å². The van der Waals surface area contributed by atoms with Crippen LogP contribution in [0.4, 0.5) is 5.69 Å². The smallest absolute Gasteiger partial charge is 0.140 e. The van der Waals surface area contributed by atoms with Gasteiger partial charge < -0.3 is 10.7 Å². The molecular weight excluding hydrogens is 269 g/mol. The maximum absolute atomic E-state index is 6.00. The van der Waals surface area contributed by atoms with E-state index in [1.807, 2.05) is 24.3 Å². The Morgan fingerprint density at radius 2 is 1.94 bits per heavy atom. The number of nitrogens with two attached hydrogens (primary N) is 1. The summed E-state index contributed by atoms with van der Waals surface area (Å²) in [6.07, 6.45) is 0. The van der Waals surface area contributed by atoms with Crippen LogP contribution in [0.25, 0.3) is 22.4 Å². The average Bonchev–Trinajstić information content (AvgIpc) is 2.75. The summed E-state index contributed by atoms with van der Waals surface area (Å²) in [5.41, 5.74) is 8.97. The van der Waals surface area contributed by atoms with Crippen LogP contribution < -0.4 is 5.73 Å². The van der Waals surface area contributed by atoms with Gasteiger partial charge in [-0.15, -0.1) is 0 Å². The fourth-order valence-corrected chi connectivity index (χ4v) is 2.20. The first kappa shape index (κ1) is 11.4. The summed E-state index contributed by atoms with van der Waals surface area (Å²) in [6.45, 7) is 0. The maximum Gasteiger partial charge on any atom is 0.140 e. The third-order valence-corrected chi connectivity index (χ3v) is 3.32. The Kier molecular flexibility index (Phi) is 2.65. The summed E-state index contributed by atoms with van der Waals surface area (Å²) < 4.78 is 0. The molecule has 0 saturated heterocycles. The number of anilines is 1. The van der Waals surface area contributed by atoms with Gasteiger partial charge in [-0.1, -0.05) is 29.3 Å². The van der Waals surface area contributed by atoms with E-state index in [-0.39, 0.29) is 0 Å². The summed E-state index contributed by atoms with van der Waals surface area (Å²) in [7, 11) is 0. The van der Waals surface area contributed by atoms with Crippen LogP contribution in [0.15, 0.2) is 36.4 Å². The molecule has 2 aromatic carbocycles. The summed E-state index contributed by atoms with van der Waals surface area (Å²) >= 11 is 11.9. The van der Waals surface area contributed by atoms with Gasteiger partial charge in [0.05, 0.1) is 21.7 Å². The molecular formula is C13H9Cl2N3. The van der Waals surface area contributed by atoms with Gasteiger partial charge in [-0.25, -0.2) is 4.98 Å². The van der Waals surface area contributed by atoms with Crippen molar-refractivity contribution in [2.45, 2.75) is 0 Å². The molecule has 3 N–H and O–H groups in total. The van der Waals surface area contributed by atoms with Crippen molar-refractivity contribution in [1.29, 1.82) is 0 Å². The van der Waals surface area contributed by atoms with Crippen LogP contribution >= 0.6 is 23.2 Å². The molecule has 5 heteroatoms. The Balaban J connectivity index is 2.22. The molecule has 0 unspecified atom stereocenters. The molecule has 0 aliphatic rings. The molecule has 3 aromatic rings. The largest absolute Gasteiger partial charge is 0.397 e. The standard InChI is InChI=1S/C13H9Cl2N3/c14-7-4-5-10-11(6-7)18-13(17-10)8-2-1-3-9(15)12(8)16/h1-6H,16H2,(H,17,18). The molecule has 1 heterocycles. The number of nitrogens with one attached hydrogen (secondary N) is 1. The molecule has 0 atom stereocenters. The van der Waals surface area contributed by atoms with E-state index < -0.39 is 0 Å². The van der Waals surface area contributed by atoms with Crippen molar-refractivity contribution in [3.05, 3.63) is 46.4 Å². The highest BCUT2D eigenvalue weighted by molar-refractivity contribution is 6.33. The first-order valence-electron chi connectivity index (χ1n) is 5.35. The highest BCUT2D eigenvalue weighted by Gasteiger charge is 2.10. The Morgan fingerprint density at radius 1 is 1.11 bits per heavy atom. The second kappa shape index (κ2) is 4.19. The minimum Gasteiger partial charge on any atom is -0.397 e. The average molecular weight is 278 g/mol. The number of halogens is 2. The summed E-state index contributed by atoms with van der Waals surface area (Å²) in [4.78, 5) is 7.66.